The maximum atomic E-state index is 12.8. The lowest BCUT2D eigenvalue weighted by atomic mass is 9.96. The number of hydrogen-bond donors (Lipinski definition) is 1. The van der Waals surface area contributed by atoms with Crippen LogP contribution >= 0.6 is 0 Å². The lowest BCUT2D eigenvalue weighted by molar-refractivity contribution is -0.133. The number of carbonyl (C=O) groups excluding carboxylic acids is 1. The van der Waals surface area contributed by atoms with Crippen LogP contribution in [0.15, 0.2) is 66.7 Å². The maximum absolute atomic E-state index is 12.8. The van der Waals surface area contributed by atoms with Gasteiger partial charge in [0.2, 0.25) is 5.91 Å². The molecule has 1 atom stereocenters. The Kier molecular flexibility index (Phi) is 3.79. The van der Waals surface area contributed by atoms with Crippen LogP contribution in [0, 0.1) is 0 Å². The minimum atomic E-state index is -0.605. The van der Waals surface area contributed by atoms with Crippen LogP contribution in [-0.2, 0) is 17.8 Å². The Morgan fingerprint density at radius 1 is 1.00 bits per heavy atom. The van der Waals surface area contributed by atoms with Gasteiger partial charge in [-0.1, -0.05) is 66.7 Å². The smallest absolute Gasteiger partial charge is 0.227 e. The zero-order valence-electron chi connectivity index (χ0n) is 13.4. The van der Waals surface area contributed by atoms with Gasteiger partial charge in [0.25, 0.3) is 0 Å². The van der Waals surface area contributed by atoms with E-state index in [1.165, 1.54) is 0 Å². The summed E-state index contributed by atoms with van der Waals surface area (Å²) in [5, 5.41) is 12.6. The number of benzene rings is 3. The predicted molar refractivity (Wildman–Crippen MR) is 94.5 cm³/mol. The molecule has 1 amide bonds. The van der Waals surface area contributed by atoms with E-state index in [2.05, 4.69) is 18.2 Å². The molecule has 0 aromatic heterocycles. The van der Waals surface area contributed by atoms with Crippen molar-refractivity contribution in [3.63, 3.8) is 0 Å². The molecule has 4 rings (SSSR count). The van der Waals surface area contributed by atoms with Crippen LogP contribution in [0.2, 0.25) is 0 Å². The molecule has 0 spiro atoms. The second-order valence-corrected chi connectivity index (χ2v) is 6.30. The molecule has 0 fully saturated rings. The lowest BCUT2D eigenvalue weighted by Crippen LogP contribution is -2.39. The molecule has 1 N–H and O–H groups in total. The molecule has 1 aliphatic rings. The molecule has 3 aromatic carbocycles. The Hall–Kier alpha value is -2.65. The molecule has 1 unspecified atom stereocenters. The van der Waals surface area contributed by atoms with E-state index in [9.17, 15) is 9.90 Å². The van der Waals surface area contributed by atoms with E-state index in [0.29, 0.717) is 19.5 Å². The minimum absolute atomic E-state index is 0.0555. The summed E-state index contributed by atoms with van der Waals surface area (Å²) in [6.45, 7) is 0.928. The predicted octanol–water partition coefficient (Wildman–Crippen LogP) is 3.46. The number of carbonyl (C=O) groups is 1. The Bertz CT molecular complexity index is 898. The molecular formula is C21H19NO2. The molecule has 24 heavy (non-hydrogen) atoms. The summed E-state index contributed by atoms with van der Waals surface area (Å²) in [5.74, 6) is 0.0555. The molecular weight excluding hydrogens is 298 g/mol. The Balaban J connectivity index is 1.59. The molecule has 120 valence electrons. The van der Waals surface area contributed by atoms with Gasteiger partial charge in [-0.05, 0) is 27.5 Å². The van der Waals surface area contributed by atoms with Crippen molar-refractivity contribution in [2.75, 3.05) is 6.54 Å². The van der Waals surface area contributed by atoms with Crippen LogP contribution in [0.5, 0.6) is 0 Å². The first-order valence-electron chi connectivity index (χ1n) is 8.22. The molecule has 0 saturated heterocycles. The van der Waals surface area contributed by atoms with E-state index in [1.807, 2.05) is 48.5 Å². The van der Waals surface area contributed by atoms with E-state index >= 15 is 0 Å². The van der Waals surface area contributed by atoms with Gasteiger partial charge in [-0.25, -0.2) is 0 Å². The summed E-state index contributed by atoms with van der Waals surface area (Å²) in [7, 11) is 0. The third-order valence-electron chi connectivity index (χ3n) is 4.74. The number of hydrogen-bond acceptors (Lipinski definition) is 2. The van der Waals surface area contributed by atoms with Crippen molar-refractivity contribution in [3.8, 4) is 0 Å². The number of rotatable bonds is 2. The van der Waals surface area contributed by atoms with Crippen LogP contribution in [0.4, 0.5) is 0 Å². The standard InChI is InChI=1S/C21H19NO2/c23-20-14-22(13-17-7-2-4-11-19(17)20)21(24)12-16-9-5-8-15-6-1-3-10-18(15)16/h1-11,20,23H,12-14H2. The first-order chi connectivity index (χ1) is 11.7. The third-order valence-corrected chi connectivity index (χ3v) is 4.74. The molecule has 0 bridgehead atoms. The first-order valence-corrected chi connectivity index (χ1v) is 8.22. The molecule has 3 aromatic rings. The second kappa shape index (κ2) is 6.10. The topological polar surface area (TPSA) is 40.5 Å². The molecule has 0 saturated carbocycles. The minimum Gasteiger partial charge on any atom is -0.387 e. The number of aliphatic hydroxyl groups is 1. The molecule has 3 heteroatoms. The monoisotopic (exact) mass is 317 g/mol. The van der Waals surface area contributed by atoms with Gasteiger partial charge in [0.1, 0.15) is 0 Å². The summed E-state index contributed by atoms with van der Waals surface area (Å²) in [5.41, 5.74) is 3.00. The van der Waals surface area contributed by atoms with Gasteiger partial charge in [0, 0.05) is 6.54 Å². The van der Waals surface area contributed by atoms with E-state index in [-0.39, 0.29) is 5.91 Å². The molecule has 0 aliphatic carbocycles. The number of β-amino-alcohol motifs (C(OH)–C–C–N with tert-alkyl or cyclic N) is 1. The van der Waals surface area contributed by atoms with Crippen molar-refractivity contribution in [3.05, 3.63) is 83.4 Å². The number of fused-ring (bicyclic) bond motifs is 2. The van der Waals surface area contributed by atoms with E-state index in [4.69, 9.17) is 0 Å². The largest absolute Gasteiger partial charge is 0.387 e. The quantitative estimate of drug-likeness (QED) is 0.786. The Morgan fingerprint density at radius 3 is 2.67 bits per heavy atom. The van der Waals surface area contributed by atoms with E-state index in [0.717, 1.165) is 27.5 Å². The van der Waals surface area contributed by atoms with Crippen molar-refractivity contribution in [1.29, 1.82) is 0 Å². The van der Waals surface area contributed by atoms with Crippen LogP contribution in [0.1, 0.15) is 22.8 Å². The summed E-state index contributed by atoms with van der Waals surface area (Å²) >= 11 is 0. The Labute approximate surface area is 141 Å². The highest BCUT2D eigenvalue weighted by molar-refractivity contribution is 5.90. The fraction of sp³-hybridized carbons (Fsp3) is 0.190. The van der Waals surface area contributed by atoms with Crippen LogP contribution < -0.4 is 0 Å². The van der Waals surface area contributed by atoms with Gasteiger partial charge < -0.3 is 10.0 Å². The van der Waals surface area contributed by atoms with Crippen molar-refractivity contribution < 1.29 is 9.90 Å². The Morgan fingerprint density at radius 2 is 1.75 bits per heavy atom. The van der Waals surface area contributed by atoms with Gasteiger partial charge in [0.05, 0.1) is 19.1 Å². The van der Waals surface area contributed by atoms with Crippen LogP contribution in [0.3, 0.4) is 0 Å². The van der Waals surface area contributed by atoms with Crippen molar-refractivity contribution in [2.45, 2.75) is 19.1 Å². The SMILES string of the molecule is O=C(Cc1cccc2ccccc12)N1Cc2ccccc2C(O)C1. The zero-order chi connectivity index (χ0) is 16.5. The third kappa shape index (κ3) is 2.68. The van der Waals surface area contributed by atoms with Crippen LogP contribution in [0.25, 0.3) is 10.8 Å². The molecule has 1 aliphatic heterocycles. The van der Waals surface area contributed by atoms with Gasteiger partial charge in [0.15, 0.2) is 0 Å². The van der Waals surface area contributed by atoms with Crippen LogP contribution in [-0.4, -0.2) is 22.5 Å². The summed E-state index contributed by atoms with van der Waals surface area (Å²) in [6.07, 6.45) is -0.248. The van der Waals surface area contributed by atoms with E-state index in [1.54, 1.807) is 4.90 Å². The fourth-order valence-electron chi connectivity index (χ4n) is 3.49. The highest BCUT2D eigenvalue weighted by Gasteiger charge is 2.26. The van der Waals surface area contributed by atoms with Gasteiger partial charge in [-0.2, -0.15) is 0 Å². The maximum Gasteiger partial charge on any atom is 0.227 e. The van der Waals surface area contributed by atoms with Crippen molar-refractivity contribution in [1.82, 2.24) is 4.90 Å². The zero-order valence-corrected chi connectivity index (χ0v) is 13.4. The highest BCUT2D eigenvalue weighted by atomic mass is 16.3. The summed E-state index contributed by atoms with van der Waals surface area (Å²) in [4.78, 5) is 14.5. The van der Waals surface area contributed by atoms with Gasteiger partial charge >= 0.3 is 0 Å². The van der Waals surface area contributed by atoms with Crippen molar-refractivity contribution in [2.24, 2.45) is 0 Å². The average molecular weight is 317 g/mol. The number of nitrogens with zero attached hydrogens (tertiary/aromatic N) is 1. The molecule has 0 radical (unpaired) electrons. The van der Waals surface area contributed by atoms with E-state index < -0.39 is 6.10 Å². The van der Waals surface area contributed by atoms with Gasteiger partial charge in [-0.15, -0.1) is 0 Å². The number of aliphatic hydroxyl groups excluding tert-OH is 1. The normalized spacial score (nSPS) is 16.9. The highest BCUT2D eigenvalue weighted by Crippen LogP contribution is 2.27. The summed E-state index contributed by atoms with van der Waals surface area (Å²) in [6, 6.07) is 22.0. The number of amides is 1. The fourth-order valence-corrected chi connectivity index (χ4v) is 3.49. The lowest BCUT2D eigenvalue weighted by Gasteiger charge is -2.32. The first kappa shape index (κ1) is 14.9. The molecule has 3 nitrogen and oxygen atoms in total. The van der Waals surface area contributed by atoms with Crippen molar-refractivity contribution >= 4 is 16.7 Å². The van der Waals surface area contributed by atoms with Gasteiger partial charge in [-0.3, -0.25) is 4.79 Å². The second-order valence-electron chi connectivity index (χ2n) is 6.30. The summed E-state index contributed by atoms with van der Waals surface area (Å²) < 4.78 is 0. The average Bonchev–Trinajstić information content (AvgIpc) is 2.62. The molecule has 1 heterocycles.